The average Bonchev–Trinajstić information content (AvgIpc) is 3.48. The van der Waals surface area contributed by atoms with Crippen molar-refractivity contribution in [2.75, 3.05) is 0 Å². The van der Waals surface area contributed by atoms with Crippen LogP contribution in [0.15, 0.2) is 150 Å². The maximum absolute atomic E-state index is 6.39. The van der Waals surface area contributed by atoms with Gasteiger partial charge >= 0.3 is 0 Å². The third kappa shape index (κ3) is 4.75. The van der Waals surface area contributed by atoms with E-state index in [4.69, 9.17) is 14.4 Å². The molecule has 0 bridgehead atoms. The maximum Gasteiger partial charge on any atom is 0.180 e. The summed E-state index contributed by atoms with van der Waals surface area (Å²) in [6.07, 6.45) is 8.67. The van der Waals surface area contributed by atoms with E-state index in [0.29, 0.717) is 11.4 Å². The first-order valence-electron chi connectivity index (χ1n) is 14.7. The van der Waals surface area contributed by atoms with E-state index in [1.54, 1.807) is 0 Å². The van der Waals surface area contributed by atoms with Gasteiger partial charge in [-0.05, 0) is 70.5 Å². The minimum absolute atomic E-state index is 0.684. The van der Waals surface area contributed by atoms with Crippen molar-refractivity contribution in [3.8, 4) is 44.9 Å². The molecule has 0 atom stereocenters. The summed E-state index contributed by atoms with van der Waals surface area (Å²) in [5.41, 5.74) is 12.5. The van der Waals surface area contributed by atoms with Crippen LogP contribution in [0.2, 0.25) is 0 Å². The first kappa shape index (κ1) is 25.2. The van der Waals surface area contributed by atoms with E-state index in [1.807, 2.05) is 24.3 Å². The van der Waals surface area contributed by atoms with Gasteiger partial charge < -0.3 is 4.42 Å². The van der Waals surface area contributed by atoms with Gasteiger partial charge in [-0.2, -0.15) is 0 Å². The van der Waals surface area contributed by atoms with Gasteiger partial charge in [0.1, 0.15) is 16.8 Å². The van der Waals surface area contributed by atoms with Crippen molar-refractivity contribution in [1.29, 1.82) is 0 Å². The molecule has 1 aliphatic rings. The van der Waals surface area contributed by atoms with Crippen LogP contribution in [0.1, 0.15) is 18.4 Å². The second-order valence-electron chi connectivity index (χ2n) is 10.9. The van der Waals surface area contributed by atoms with E-state index in [9.17, 15) is 0 Å². The summed E-state index contributed by atoms with van der Waals surface area (Å²) >= 11 is 0. The molecule has 8 rings (SSSR count). The molecule has 0 aliphatic heterocycles. The van der Waals surface area contributed by atoms with Crippen molar-refractivity contribution in [3.05, 3.63) is 151 Å². The van der Waals surface area contributed by atoms with Crippen LogP contribution in [0.25, 0.3) is 72.5 Å². The Balaban J connectivity index is 1.23. The molecular weight excluding hydrogens is 524 g/mol. The zero-order chi connectivity index (χ0) is 28.6. The fraction of sp³-hybridized carbons (Fsp3) is 0.0500. The highest BCUT2D eigenvalue weighted by Crippen LogP contribution is 2.37. The predicted octanol–water partition coefficient (Wildman–Crippen LogP) is 10.8. The molecule has 0 saturated heterocycles. The Morgan fingerprint density at radius 1 is 0.535 bits per heavy atom. The van der Waals surface area contributed by atoms with Gasteiger partial charge in [-0.15, -0.1) is 0 Å². The molecular formula is C40H28N2O. The number of fused-ring (bicyclic) bond motifs is 3. The van der Waals surface area contributed by atoms with E-state index in [2.05, 4.69) is 121 Å². The van der Waals surface area contributed by atoms with E-state index in [-0.39, 0.29) is 0 Å². The van der Waals surface area contributed by atoms with Gasteiger partial charge in [-0.25, -0.2) is 9.97 Å². The standard InChI is InChI=1S/C40H28N2O/c1-3-11-27(12-4-1)31-15-9-16-32(25-31)29-21-23-30(24-22-29)40-41-37(39-38(42-40)35-19-7-8-20-36(35)43-39)34-18-10-17-33(26-34)28-13-5-2-6-14-28/h1-5,7-13,15-26H,6,14H2. The molecule has 2 heterocycles. The SMILES string of the molecule is C1=CCCC(c2cccc(-c3nc(-c4ccc(-c5cccc(-c6ccccc6)c5)cc4)nc4c3oc3ccccc34)c2)=C1. The highest BCUT2D eigenvalue weighted by Gasteiger charge is 2.19. The Labute approximate surface area is 250 Å². The second kappa shape index (κ2) is 10.7. The Bertz CT molecular complexity index is 2170. The monoisotopic (exact) mass is 552 g/mol. The zero-order valence-electron chi connectivity index (χ0n) is 23.6. The molecule has 0 unspecified atom stereocenters. The van der Waals surface area contributed by atoms with E-state index in [0.717, 1.165) is 51.7 Å². The number of allylic oxidation sites excluding steroid dienone is 4. The van der Waals surface area contributed by atoms with E-state index < -0.39 is 0 Å². The number of aromatic nitrogens is 2. The summed E-state index contributed by atoms with van der Waals surface area (Å²) < 4.78 is 6.39. The molecule has 0 spiro atoms. The summed E-state index contributed by atoms with van der Waals surface area (Å²) in [4.78, 5) is 10.2. The van der Waals surface area contributed by atoms with Gasteiger partial charge in [0.25, 0.3) is 0 Å². The lowest BCUT2D eigenvalue weighted by molar-refractivity contribution is 0.667. The summed E-state index contributed by atoms with van der Waals surface area (Å²) in [5.74, 6) is 0.684. The fourth-order valence-electron chi connectivity index (χ4n) is 5.95. The van der Waals surface area contributed by atoms with E-state index in [1.165, 1.54) is 27.8 Å². The van der Waals surface area contributed by atoms with Crippen molar-refractivity contribution in [3.63, 3.8) is 0 Å². The first-order chi connectivity index (χ1) is 21.3. The molecule has 204 valence electrons. The first-order valence-corrected chi connectivity index (χ1v) is 14.7. The average molecular weight is 553 g/mol. The molecule has 3 nitrogen and oxygen atoms in total. The third-order valence-corrected chi connectivity index (χ3v) is 8.19. The highest BCUT2D eigenvalue weighted by molar-refractivity contribution is 6.07. The molecule has 2 aromatic heterocycles. The largest absolute Gasteiger partial charge is 0.452 e. The van der Waals surface area contributed by atoms with Crippen molar-refractivity contribution in [1.82, 2.24) is 9.97 Å². The minimum Gasteiger partial charge on any atom is -0.452 e. The third-order valence-electron chi connectivity index (χ3n) is 8.19. The van der Waals surface area contributed by atoms with Crippen LogP contribution in [-0.4, -0.2) is 9.97 Å². The number of benzene rings is 5. The number of rotatable bonds is 5. The number of nitrogens with zero attached hydrogens (tertiary/aromatic N) is 2. The lowest BCUT2D eigenvalue weighted by Gasteiger charge is -2.12. The molecule has 0 saturated carbocycles. The van der Waals surface area contributed by atoms with E-state index >= 15 is 0 Å². The maximum atomic E-state index is 6.39. The van der Waals surface area contributed by atoms with Crippen LogP contribution in [0, 0.1) is 0 Å². The number of para-hydroxylation sites is 1. The highest BCUT2D eigenvalue weighted by atomic mass is 16.3. The molecule has 0 amide bonds. The Morgan fingerprint density at radius 3 is 1.98 bits per heavy atom. The van der Waals surface area contributed by atoms with Gasteiger partial charge in [-0.1, -0.05) is 121 Å². The second-order valence-corrected chi connectivity index (χ2v) is 10.9. The summed E-state index contributed by atoms with van der Waals surface area (Å²) in [7, 11) is 0. The Hall–Kier alpha value is -5.54. The molecule has 43 heavy (non-hydrogen) atoms. The lowest BCUT2D eigenvalue weighted by atomic mass is 9.95. The molecule has 3 heteroatoms. The molecule has 0 N–H and O–H groups in total. The topological polar surface area (TPSA) is 38.9 Å². The molecule has 0 radical (unpaired) electrons. The van der Waals surface area contributed by atoms with Crippen LogP contribution in [0.4, 0.5) is 0 Å². The molecule has 0 fully saturated rings. The van der Waals surface area contributed by atoms with Gasteiger partial charge in [0.05, 0.1) is 0 Å². The number of furan rings is 1. The van der Waals surface area contributed by atoms with Crippen molar-refractivity contribution >= 4 is 27.6 Å². The molecule has 5 aromatic carbocycles. The smallest absolute Gasteiger partial charge is 0.180 e. The summed E-state index contributed by atoms with van der Waals surface area (Å²) in [6.45, 7) is 0. The molecule has 7 aromatic rings. The predicted molar refractivity (Wildman–Crippen MR) is 177 cm³/mol. The van der Waals surface area contributed by atoms with Crippen molar-refractivity contribution in [2.45, 2.75) is 12.8 Å². The van der Waals surface area contributed by atoms with Crippen molar-refractivity contribution in [2.24, 2.45) is 0 Å². The fourth-order valence-corrected chi connectivity index (χ4v) is 5.95. The zero-order valence-corrected chi connectivity index (χ0v) is 23.6. The number of hydrogen-bond acceptors (Lipinski definition) is 3. The van der Waals surface area contributed by atoms with Crippen LogP contribution in [-0.2, 0) is 0 Å². The Kier molecular flexibility index (Phi) is 6.27. The Morgan fingerprint density at radius 2 is 1.19 bits per heavy atom. The van der Waals surface area contributed by atoms with Gasteiger partial charge in [0, 0.05) is 16.5 Å². The normalized spacial score (nSPS) is 13.0. The lowest BCUT2D eigenvalue weighted by Crippen LogP contribution is -1.95. The van der Waals surface area contributed by atoms with Crippen LogP contribution < -0.4 is 0 Å². The summed E-state index contributed by atoms with van der Waals surface area (Å²) in [6, 6.07) is 44.4. The van der Waals surface area contributed by atoms with Crippen LogP contribution in [0.3, 0.4) is 0 Å². The quantitative estimate of drug-likeness (QED) is 0.213. The summed E-state index contributed by atoms with van der Waals surface area (Å²) in [5, 5.41) is 0.994. The van der Waals surface area contributed by atoms with Gasteiger partial charge in [-0.3, -0.25) is 0 Å². The van der Waals surface area contributed by atoms with Gasteiger partial charge in [0.15, 0.2) is 11.4 Å². The minimum atomic E-state index is 0.684. The van der Waals surface area contributed by atoms with Gasteiger partial charge in [0.2, 0.25) is 0 Å². The van der Waals surface area contributed by atoms with Crippen LogP contribution >= 0.6 is 0 Å². The number of hydrogen-bond donors (Lipinski definition) is 0. The van der Waals surface area contributed by atoms with Crippen LogP contribution in [0.5, 0.6) is 0 Å². The van der Waals surface area contributed by atoms with Crippen molar-refractivity contribution < 1.29 is 4.42 Å². The molecule has 1 aliphatic carbocycles.